The maximum Gasteiger partial charge on any atom is 0.303 e. The Hall–Kier alpha value is -1.29. The lowest BCUT2D eigenvalue weighted by molar-refractivity contribution is -0.137. The number of carbonyl (C=O) groups is 1. The molecular formula is C9H13NO3. The summed E-state index contributed by atoms with van der Waals surface area (Å²) in [6.45, 7) is 0. The van der Waals surface area contributed by atoms with Crippen molar-refractivity contribution in [3.63, 3.8) is 0 Å². The summed E-state index contributed by atoms with van der Waals surface area (Å²) in [5.41, 5.74) is 5.74. The maximum absolute atomic E-state index is 10.2. The van der Waals surface area contributed by atoms with Crippen molar-refractivity contribution in [1.29, 1.82) is 0 Å². The molecule has 4 nitrogen and oxygen atoms in total. The average Bonchev–Trinajstić information content (AvgIpc) is 2.55. The minimum Gasteiger partial charge on any atom is -0.481 e. The van der Waals surface area contributed by atoms with Crippen molar-refractivity contribution in [1.82, 2.24) is 0 Å². The molecule has 3 N–H and O–H groups in total. The molecule has 0 aliphatic rings. The zero-order valence-electron chi connectivity index (χ0n) is 7.27. The van der Waals surface area contributed by atoms with E-state index in [-0.39, 0.29) is 12.5 Å². The molecular weight excluding hydrogens is 170 g/mol. The van der Waals surface area contributed by atoms with Crippen molar-refractivity contribution in [2.24, 2.45) is 5.73 Å². The third-order valence-electron chi connectivity index (χ3n) is 1.81. The van der Waals surface area contributed by atoms with Gasteiger partial charge in [0.05, 0.1) is 12.3 Å². The number of carboxylic acids is 1. The van der Waals surface area contributed by atoms with Crippen LogP contribution in [0.1, 0.15) is 31.1 Å². The molecule has 1 aromatic heterocycles. The summed E-state index contributed by atoms with van der Waals surface area (Å²) >= 11 is 0. The average molecular weight is 183 g/mol. The second kappa shape index (κ2) is 4.67. The minimum absolute atomic E-state index is 0.161. The van der Waals surface area contributed by atoms with E-state index in [1.165, 1.54) is 0 Å². The first-order valence-electron chi connectivity index (χ1n) is 4.21. The molecule has 0 aliphatic carbocycles. The van der Waals surface area contributed by atoms with Crippen LogP contribution < -0.4 is 5.73 Å². The molecule has 0 spiro atoms. The normalized spacial score (nSPS) is 12.7. The first-order valence-corrected chi connectivity index (χ1v) is 4.21. The maximum atomic E-state index is 10.2. The molecule has 0 aliphatic heterocycles. The van der Waals surface area contributed by atoms with Gasteiger partial charge in [0.15, 0.2) is 0 Å². The monoisotopic (exact) mass is 183 g/mol. The Labute approximate surface area is 76.3 Å². The van der Waals surface area contributed by atoms with E-state index < -0.39 is 5.97 Å². The van der Waals surface area contributed by atoms with Gasteiger partial charge in [-0.05, 0) is 25.0 Å². The second-order valence-corrected chi connectivity index (χ2v) is 2.91. The van der Waals surface area contributed by atoms with E-state index in [1.807, 2.05) is 0 Å². The van der Waals surface area contributed by atoms with Crippen molar-refractivity contribution < 1.29 is 14.3 Å². The summed E-state index contributed by atoms with van der Waals surface area (Å²) in [4.78, 5) is 10.2. The van der Waals surface area contributed by atoms with Crippen LogP contribution in [0.25, 0.3) is 0 Å². The Morgan fingerprint density at radius 3 is 3.00 bits per heavy atom. The lowest BCUT2D eigenvalue weighted by Gasteiger charge is -2.06. The fourth-order valence-corrected chi connectivity index (χ4v) is 1.12. The highest BCUT2D eigenvalue weighted by Gasteiger charge is 2.08. The zero-order chi connectivity index (χ0) is 9.68. The molecule has 0 saturated carbocycles. The zero-order valence-corrected chi connectivity index (χ0v) is 7.27. The van der Waals surface area contributed by atoms with Gasteiger partial charge in [-0.2, -0.15) is 0 Å². The third-order valence-corrected chi connectivity index (χ3v) is 1.81. The van der Waals surface area contributed by atoms with Crippen molar-refractivity contribution in [2.45, 2.75) is 25.3 Å². The van der Waals surface area contributed by atoms with Crippen LogP contribution in [0.5, 0.6) is 0 Å². The first-order chi connectivity index (χ1) is 6.20. The molecule has 1 unspecified atom stereocenters. The van der Waals surface area contributed by atoms with Crippen molar-refractivity contribution >= 4 is 5.97 Å². The number of carboxylic acid groups (broad SMARTS) is 1. The number of hydrogen-bond donors (Lipinski definition) is 2. The largest absolute Gasteiger partial charge is 0.481 e. The van der Waals surface area contributed by atoms with Crippen LogP contribution in [0.3, 0.4) is 0 Å². The molecule has 1 heterocycles. The molecule has 0 fully saturated rings. The minimum atomic E-state index is -0.786. The molecule has 1 atom stereocenters. The second-order valence-electron chi connectivity index (χ2n) is 2.91. The van der Waals surface area contributed by atoms with Gasteiger partial charge >= 0.3 is 5.97 Å². The van der Waals surface area contributed by atoms with Crippen molar-refractivity contribution in [3.8, 4) is 0 Å². The molecule has 72 valence electrons. The van der Waals surface area contributed by atoms with Gasteiger partial charge in [-0.15, -0.1) is 0 Å². The Morgan fingerprint density at radius 2 is 2.46 bits per heavy atom. The fourth-order valence-electron chi connectivity index (χ4n) is 1.12. The van der Waals surface area contributed by atoms with Crippen LogP contribution in [0.4, 0.5) is 0 Å². The van der Waals surface area contributed by atoms with Gasteiger partial charge in [0.1, 0.15) is 5.76 Å². The molecule has 0 aromatic carbocycles. The van der Waals surface area contributed by atoms with Gasteiger partial charge in [-0.1, -0.05) is 0 Å². The van der Waals surface area contributed by atoms with Crippen LogP contribution >= 0.6 is 0 Å². The lowest BCUT2D eigenvalue weighted by Crippen LogP contribution is -2.09. The number of nitrogens with two attached hydrogens (primary N) is 1. The van der Waals surface area contributed by atoms with Gasteiger partial charge in [0.25, 0.3) is 0 Å². The van der Waals surface area contributed by atoms with Gasteiger partial charge in [0.2, 0.25) is 0 Å². The molecule has 0 amide bonds. The predicted molar refractivity (Wildman–Crippen MR) is 47.1 cm³/mol. The standard InChI is InChI=1S/C9H13NO3/c10-7(3-1-5-9(11)12)8-4-2-6-13-8/h2,4,6-7H,1,3,5,10H2,(H,11,12). The van der Waals surface area contributed by atoms with E-state index in [4.69, 9.17) is 15.3 Å². The topological polar surface area (TPSA) is 76.5 Å². The Morgan fingerprint density at radius 1 is 1.69 bits per heavy atom. The van der Waals surface area contributed by atoms with Crippen molar-refractivity contribution in [2.75, 3.05) is 0 Å². The summed E-state index contributed by atoms with van der Waals surface area (Å²) < 4.78 is 5.08. The Balaban J connectivity index is 2.26. The van der Waals surface area contributed by atoms with E-state index in [0.29, 0.717) is 18.6 Å². The summed E-state index contributed by atoms with van der Waals surface area (Å²) in [5.74, 6) is -0.0722. The number of rotatable bonds is 5. The third kappa shape index (κ3) is 3.29. The summed E-state index contributed by atoms with van der Waals surface area (Å²) in [6.07, 6.45) is 2.94. The highest BCUT2D eigenvalue weighted by atomic mass is 16.4. The molecule has 0 saturated heterocycles. The number of aliphatic carboxylic acids is 1. The van der Waals surface area contributed by atoms with Crippen LogP contribution in [0.2, 0.25) is 0 Å². The van der Waals surface area contributed by atoms with E-state index in [1.54, 1.807) is 18.4 Å². The van der Waals surface area contributed by atoms with Crippen LogP contribution in [0.15, 0.2) is 22.8 Å². The summed E-state index contributed by atoms with van der Waals surface area (Å²) in [6, 6.07) is 3.38. The van der Waals surface area contributed by atoms with E-state index >= 15 is 0 Å². The Kier molecular flexibility index (Phi) is 3.52. The van der Waals surface area contributed by atoms with Gasteiger partial charge in [-0.25, -0.2) is 0 Å². The van der Waals surface area contributed by atoms with E-state index in [0.717, 1.165) is 0 Å². The van der Waals surface area contributed by atoms with Gasteiger partial charge < -0.3 is 15.3 Å². The summed E-state index contributed by atoms with van der Waals surface area (Å²) in [7, 11) is 0. The van der Waals surface area contributed by atoms with E-state index in [2.05, 4.69) is 0 Å². The number of hydrogen-bond acceptors (Lipinski definition) is 3. The van der Waals surface area contributed by atoms with Crippen LogP contribution in [0, 0.1) is 0 Å². The highest BCUT2D eigenvalue weighted by molar-refractivity contribution is 5.66. The van der Waals surface area contributed by atoms with Gasteiger partial charge in [0, 0.05) is 6.42 Å². The lowest BCUT2D eigenvalue weighted by atomic mass is 10.1. The van der Waals surface area contributed by atoms with Crippen molar-refractivity contribution in [3.05, 3.63) is 24.2 Å². The van der Waals surface area contributed by atoms with E-state index in [9.17, 15) is 4.79 Å². The molecule has 1 aromatic rings. The molecule has 4 heteroatoms. The molecule has 13 heavy (non-hydrogen) atoms. The van der Waals surface area contributed by atoms with Crippen LogP contribution in [-0.4, -0.2) is 11.1 Å². The summed E-state index contributed by atoms with van der Waals surface area (Å²) in [5, 5.41) is 8.39. The molecule has 0 radical (unpaired) electrons. The Bertz CT molecular complexity index is 256. The predicted octanol–water partition coefficient (Wildman–Crippen LogP) is 1.53. The highest BCUT2D eigenvalue weighted by Crippen LogP contribution is 2.16. The molecule has 0 bridgehead atoms. The fraction of sp³-hybridized carbons (Fsp3) is 0.444. The smallest absolute Gasteiger partial charge is 0.303 e. The molecule has 1 rings (SSSR count). The van der Waals surface area contributed by atoms with Crippen LogP contribution in [-0.2, 0) is 4.79 Å². The quantitative estimate of drug-likeness (QED) is 0.725. The van der Waals surface area contributed by atoms with Gasteiger partial charge in [-0.3, -0.25) is 4.79 Å². The first kappa shape index (κ1) is 9.80. The SMILES string of the molecule is NC(CCCC(=O)O)c1ccco1. The number of furan rings is 1.